The second-order valence-electron chi connectivity index (χ2n) is 5.86. The van der Waals surface area contributed by atoms with Gasteiger partial charge in [-0.1, -0.05) is 6.07 Å². The molecule has 1 N–H and O–H groups in total. The van der Waals surface area contributed by atoms with Crippen molar-refractivity contribution in [2.24, 2.45) is 0 Å². The Balaban J connectivity index is 1.87. The van der Waals surface area contributed by atoms with E-state index in [4.69, 9.17) is 0 Å². The molecule has 21 heavy (non-hydrogen) atoms. The van der Waals surface area contributed by atoms with E-state index in [2.05, 4.69) is 36.1 Å². The summed E-state index contributed by atoms with van der Waals surface area (Å²) in [5.74, 6) is 1.17. The van der Waals surface area contributed by atoms with Crippen molar-refractivity contribution in [1.82, 2.24) is 15.3 Å². The maximum atomic E-state index is 13.1. The van der Waals surface area contributed by atoms with Gasteiger partial charge in [0.05, 0.1) is 5.75 Å². The normalized spacial score (nSPS) is 11.6. The summed E-state index contributed by atoms with van der Waals surface area (Å²) < 4.78 is 13.1. The van der Waals surface area contributed by atoms with E-state index < -0.39 is 0 Å². The summed E-state index contributed by atoms with van der Waals surface area (Å²) in [6.07, 6.45) is 3.68. The van der Waals surface area contributed by atoms with Gasteiger partial charge in [-0.15, -0.1) is 11.8 Å². The highest BCUT2D eigenvalue weighted by Crippen LogP contribution is 2.21. The Hall–Kier alpha value is -1.46. The number of rotatable bonds is 5. The molecule has 1 aromatic heterocycles. The molecular formula is C16H20FN3S. The maximum Gasteiger partial charge on any atom is 0.138 e. The highest BCUT2D eigenvalue weighted by molar-refractivity contribution is 7.98. The second kappa shape index (κ2) is 7.00. The molecule has 0 saturated carbocycles. The van der Waals surface area contributed by atoms with E-state index >= 15 is 0 Å². The van der Waals surface area contributed by atoms with Crippen molar-refractivity contribution >= 4 is 11.8 Å². The minimum absolute atomic E-state index is 0.0753. The zero-order valence-corrected chi connectivity index (χ0v) is 13.4. The molecule has 0 radical (unpaired) electrons. The second-order valence-corrected chi connectivity index (χ2v) is 6.91. The van der Waals surface area contributed by atoms with E-state index in [1.807, 2.05) is 18.5 Å². The van der Waals surface area contributed by atoms with Crippen molar-refractivity contribution in [1.29, 1.82) is 0 Å². The van der Waals surface area contributed by atoms with Gasteiger partial charge >= 0.3 is 0 Å². The first-order valence-electron chi connectivity index (χ1n) is 6.85. The molecule has 0 spiro atoms. The fourth-order valence-corrected chi connectivity index (χ4v) is 2.43. The van der Waals surface area contributed by atoms with Crippen molar-refractivity contribution in [3.63, 3.8) is 0 Å². The molecule has 0 bridgehead atoms. The van der Waals surface area contributed by atoms with Crippen LogP contribution >= 0.6 is 11.8 Å². The number of thioether (sulfide) groups is 1. The molecule has 0 aliphatic heterocycles. The summed E-state index contributed by atoms with van der Waals surface area (Å²) >= 11 is 1.53. The molecule has 0 atom stereocenters. The van der Waals surface area contributed by atoms with E-state index in [0.29, 0.717) is 5.75 Å². The Morgan fingerprint density at radius 3 is 2.52 bits per heavy atom. The Bertz CT molecular complexity index is 579. The van der Waals surface area contributed by atoms with Crippen LogP contribution in [0.3, 0.4) is 0 Å². The quantitative estimate of drug-likeness (QED) is 0.853. The number of nitrogens with zero attached hydrogens (tertiary/aromatic N) is 2. The van der Waals surface area contributed by atoms with Crippen LogP contribution in [0.1, 0.15) is 32.2 Å². The van der Waals surface area contributed by atoms with Crippen LogP contribution in [0.4, 0.5) is 4.39 Å². The zero-order valence-electron chi connectivity index (χ0n) is 12.6. The number of nitrogens with one attached hydrogen (secondary N) is 1. The van der Waals surface area contributed by atoms with Crippen LogP contribution < -0.4 is 5.32 Å². The largest absolute Gasteiger partial charge is 0.308 e. The molecule has 2 aromatic rings. The van der Waals surface area contributed by atoms with Gasteiger partial charge in [0.1, 0.15) is 11.6 Å². The monoisotopic (exact) mass is 305 g/mol. The van der Waals surface area contributed by atoms with Crippen LogP contribution in [0.5, 0.6) is 0 Å². The molecule has 0 amide bonds. The number of halogens is 1. The van der Waals surface area contributed by atoms with E-state index in [9.17, 15) is 4.39 Å². The van der Waals surface area contributed by atoms with Crippen molar-refractivity contribution in [3.8, 4) is 0 Å². The van der Waals surface area contributed by atoms with Crippen LogP contribution in [-0.4, -0.2) is 15.5 Å². The third-order valence-corrected chi connectivity index (χ3v) is 3.74. The minimum Gasteiger partial charge on any atom is -0.308 e. The van der Waals surface area contributed by atoms with Crippen LogP contribution in [0, 0.1) is 5.82 Å². The van der Waals surface area contributed by atoms with Gasteiger partial charge in [-0.2, -0.15) is 0 Å². The predicted molar refractivity (Wildman–Crippen MR) is 84.6 cm³/mol. The molecule has 5 heteroatoms. The average Bonchev–Trinajstić information content (AvgIpc) is 2.43. The van der Waals surface area contributed by atoms with Crippen LogP contribution in [-0.2, 0) is 12.3 Å². The summed E-state index contributed by atoms with van der Waals surface area (Å²) in [4.78, 5) is 9.59. The lowest BCUT2D eigenvalue weighted by molar-refractivity contribution is 0.423. The molecule has 0 saturated heterocycles. The van der Waals surface area contributed by atoms with E-state index in [1.165, 1.54) is 23.9 Å². The van der Waals surface area contributed by atoms with E-state index in [1.54, 1.807) is 6.07 Å². The molecule has 0 aliphatic rings. The summed E-state index contributed by atoms with van der Waals surface area (Å²) in [6, 6.07) is 6.55. The van der Waals surface area contributed by atoms with Gasteiger partial charge in [0.15, 0.2) is 0 Å². The molecule has 112 valence electrons. The molecule has 3 nitrogen and oxygen atoms in total. The summed E-state index contributed by atoms with van der Waals surface area (Å²) in [6.45, 7) is 7.12. The predicted octanol–water partition coefficient (Wildman–Crippen LogP) is 3.80. The summed E-state index contributed by atoms with van der Waals surface area (Å²) in [5.41, 5.74) is 1.13. The van der Waals surface area contributed by atoms with Gasteiger partial charge in [0, 0.05) is 34.9 Å². The number of benzene rings is 1. The molecule has 1 heterocycles. The standard InChI is InChI=1S/C16H20FN3S/c1-16(2,3)20-10-12-8-18-15(19-9-12)11-21-14-6-4-5-13(17)7-14/h4-9,20H,10-11H2,1-3H3. The van der Waals surface area contributed by atoms with Gasteiger partial charge in [0.25, 0.3) is 0 Å². The summed E-state index contributed by atoms with van der Waals surface area (Å²) in [7, 11) is 0. The molecular weight excluding hydrogens is 285 g/mol. The van der Waals surface area contributed by atoms with Gasteiger partial charge < -0.3 is 5.32 Å². The Kier molecular flexibility index (Phi) is 5.31. The Morgan fingerprint density at radius 2 is 1.90 bits per heavy atom. The first-order chi connectivity index (χ1) is 9.92. The lowest BCUT2D eigenvalue weighted by Gasteiger charge is -2.20. The zero-order chi connectivity index (χ0) is 15.3. The smallest absolute Gasteiger partial charge is 0.138 e. The molecule has 1 aromatic carbocycles. The maximum absolute atomic E-state index is 13.1. The fraction of sp³-hybridized carbons (Fsp3) is 0.375. The van der Waals surface area contributed by atoms with Crippen LogP contribution in [0.25, 0.3) is 0 Å². The minimum atomic E-state index is -0.218. The van der Waals surface area contributed by atoms with E-state index in [-0.39, 0.29) is 11.4 Å². The average molecular weight is 305 g/mol. The molecule has 0 aliphatic carbocycles. The van der Waals surface area contributed by atoms with Crippen LogP contribution in [0.2, 0.25) is 0 Å². The highest BCUT2D eigenvalue weighted by Gasteiger charge is 2.08. The molecule has 0 fully saturated rings. The lowest BCUT2D eigenvalue weighted by Crippen LogP contribution is -2.35. The van der Waals surface area contributed by atoms with Crippen molar-refractivity contribution in [2.75, 3.05) is 0 Å². The van der Waals surface area contributed by atoms with Crippen molar-refractivity contribution in [3.05, 3.63) is 53.9 Å². The number of aromatic nitrogens is 2. The van der Waals surface area contributed by atoms with Crippen molar-refractivity contribution in [2.45, 2.75) is 43.5 Å². The highest BCUT2D eigenvalue weighted by atomic mass is 32.2. The van der Waals surface area contributed by atoms with Crippen LogP contribution in [0.15, 0.2) is 41.6 Å². The molecule has 2 rings (SSSR count). The van der Waals surface area contributed by atoms with Gasteiger partial charge in [0.2, 0.25) is 0 Å². The third-order valence-electron chi connectivity index (χ3n) is 2.75. The fourth-order valence-electron chi connectivity index (χ4n) is 1.62. The SMILES string of the molecule is CC(C)(C)NCc1cnc(CSc2cccc(F)c2)nc1. The van der Waals surface area contributed by atoms with Gasteiger partial charge in [-0.05, 0) is 39.0 Å². The van der Waals surface area contributed by atoms with E-state index in [0.717, 1.165) is 22.8 Å². The topological polar surface area (TPSA) is 37.8 Å². The first kappa shape index (κ1) is 15.9. The van der Waals surface area contributed by atoms with Gasteiger partial charge in [-0.25, -0.2) is 14.4 Å². The van der Waals surface area contributed by atoms with Gasteiger partial charge in [-0.3, -0.25) is 0 Å². The summed E-state index contributed by atoms with van der Waals surface area (Å²) in [5, 5.41) is 3.39. The lowest BCUT2D eigenvalue weighted by atomic mass is 10.1. The third kappa shape index (κ3) is 5.81. The Morgan fingerprint density at radius 1 is 1.19 bits per heavy atom. The Labute approximate surface area is 129 Å². The number of hydrogen-bond acceptors (Lipinski definition) is 4. The first-order valence-corrected chi connectivity index (χ1v) is 7.84. The number of hydrogen-bond donors (Lipinski definition) is 1. The molecule has 0 unspecified atom stereocenters. The van der Waals surface area contributed by atoms with Crippen molar-refractivity contribution < 1.29 is 4.39 Å².